The molecule has 2 aliphatic rings. The molecule has 0 bridgehead atoms. The molecule has 0 aliphatic heterocycles. The second-order valence-electron chi connectivity index (χ2n) is 7.97. The molecule has 2 N–H and O–H groups in total. The van der Waals surface area contributed by atoms with Crippen LogP contribution >= 0.6 is 0 Å². The smallest absolute Gasteiger partial charge is 0.0145 e. The first-order valence-corrected chi connectivity index (χ1v) is 8.60. The van der Waals surface area contributed by atoms with Crippen LogP contribution in [-0.2, 0) is 0 Å². The second kappa shape index (κ2) is 6.10. The molecule has 0 aromatic heterocycles. The lowest BCUT2D eigenvalue weighted by Crippen LogP contribution is -2.47. The first kappa shape index (κ1) is 15.1. The maximum Gasteiger partial charge on any atom is 0.0145 e. The van der Waals surface area contributed by atoms with E-state index >= 15 is 0 Å². The van der Waals surface area contributed by atoms with Crippen LogP contribution in [0.3, 0.4) is 0 Å². The van der Waals surface area contributed by atoms with E-state index in [1.165, 1.54) is 37.7 Å². The molecule has 0 saturated heterocycles. The van der Waals surface area contributed by atoms with Crippen molar-refractivity contribution in [3.05, 3.63) is 35.9 Å². The highest BCUT2D eigenvalue weighted by Crippen LogP contribution is 2.41. The van der Waals surface area contributed by atoms with Gasteiger partial charge < -0.3 is 10.6 Å². The molecular weight excluding hydrogens is 256 g/mol. The SMILES string of the molecule is CC(C)(C)NC1CCC(NC2CC2c2ccccc2)CC1. The summed E-state index contributed by atoms with van der Waals surface area (Å²) in [4.78, 5) is 0. The highest BCUT2D eigenvalue weighted by molar-refractivity contribution is 5.27. The fourth-order valence-electron chi connectivity index (χ4n) is 3.77. The third kappa shape index (κ3) is 4.31. The van der Waals surface area contributed by atoms with Gasteiger partial charge in [-0.2, -0.15) is 0 Å². The Balaban J connectivity index is 1.41. The van der Waals surface area contributed by atoms with Crippen molar-refractivity contribution in [1.29, 1.82) is 0 Å². The minimum absolute atomic E-state index is 0.250. The normalized spacial score (nSPS) is 32.9. The Morgan fingerprint density at radius 1 is 0.905 bits per heavy atom. The van der Waals surface area contributed by atoms with Crippen molar-refractivity contribution in [2.45, 2.75) is 82.5 Å². The molecule has 2 saturated carbocycles. The number of nitrogens with one attached hydrogen (secondary N) is 2. The lowest BCUT2D eigenvalue weighted by molar-refractivity contribution is 0.260. The Morgan fingerprint density at radius 3 is 2.14 bits per heavy atom. The second-order valence-corrected chi connectivity index (χ2v) is 7.97. The standard InChI is InChI=1S/C19H30N2/c1-19(2,3)21-16-11-9-15(10-12-16)20-18-13-17(18)14-7-5-4-6-8-14/h4-8,15-18,20-21H,9-13H2,1-3H3. The molecule has 2 nitrogen and oxygen atoms in total. The van der Waals surface area contributed by atoms with Gasteiger partial charge in [-0.15, -0.1) is 0 Å². The zero-order chi connectivity index (χ0) is 14.9. The van der Waals surface area contributed by atoms with Crippen molar-refractivity contribution in [2.75, 3.05) is 0 Å². The van der Waals surface area contributed by atoms with Crippen LogP contribution in [0.1, 0.15) is 64.4 Å². The van der Waals surface area contributed by atoms with Crippen LogP contribution in [0.15, 0.2) is 30.3 Å². The predicted octanol–water partition coefficient (Wildman–Crippen LogP) is 3.83. The molecule has 116 valence electrons. The van der Waals surface area contributed by atoms with Crippen LogP contribution in [-0.4, -0.2) is 23.7 Å². The maximum atomic E-state index is 3.90. The quantitative estimate of drug-likeness (QED) is 0.879. The highest BCUT2D eigenvalue weighted by atomic mass is 15.0. The minimum Gasteiger partial charge on any atom is -0.311 e. The molecule has 2 heteroatoms. The molecule has 0 amide bonds. The van der Waals surface area contributed by atoms with Gasteiger partial charge in [0.1, 0.15) is 0 Å². The van der Waals surface area contributed by atoms with Crippen LogP contribution in [0.25, 0.3) is 0 Å². The first-order valence-electron chi connectivity index (χ1n) is 8.60. The van der Waals surface area contributed by atoms with Crippen molar-refractivity contribution >= 4 is 0 Å². The first-order chi connectivity index (χ1) is 10.0. The van der Waals surface area contributed by atoms with E-state index in [4.69, 9.17) is 0 Å². The molecule has 0 heterocycles. The number of benzene rings is 1. The molecule has 0 spiro atoms. The van der Waals surface area contributed by atoms with Crippen molar-refractivity contribution < 1.29 is 0 Å². The molecule has 3 rings (SSSR count). The van der Waals surface area contributed by atoms with E-state index in [2.05, 4.69) is 61.7 Å². The Kier molecular flexibility index (Phi) is 4.37. The fourth-order valence-corrected chi connectivity index (χ4v) is 3.77. The Labute approximate surface area is 129 Å². The summed E-state index contributed by atoms with van der Waals surface area (Å²) in [6.45, 7) is 6.81. The Hall–Kier alpha value is -0.860. The average Bonchev–Trinajstić information content (AvgIpc) is 3.20. The van der Waals surface area contributed by atoms with E-state index in [-0.39, 0.29) is 5.54 Å². The van der Waals surface area contributed by atoms with Crippen LogP contribution in [0, 0.1) is 0 Å². The number of hydrogen-bond donors (Lipinski definition) is 2. The maximum absolute atomic E-state index is 3.90. The molecule has 2 atom stereocenters. The summed E-state index contributed by atoms with van der Waals surface area (Å²) in [5, 5.41) is 7.65. The summed E-state index contributed by atoms with van der Waals surface area (Å²) in [5.41, 5.74) is 1.76. The van der Waals surface area contributed by atoms with Gasteiger partial charge in [0.2, 0.25) is 0 Å². The van der Waals surface area contributed by atoms with Gasteiger partial charge in [0.15, 0.2) is 0 Å². The van der Waals surface area contributed by atoms with Gasteiger partial charge in [0.05, 0.1) is 0 Å². The summed E-state index contributed by atoms with van der Waals surface area (Å²) >= 11 is 0. The molecule has 2 fully saturated rings. The Morgan fingerprint density at radius 2 is 1.52 bits per heavy atom. The van der Waals surface area contributed by atoms with E-state index in [9.17, 15) is 0 Å². The van der Waals surface area contributed by atoms with Crippen LogP contribution in [0.2, 0.25) is 0 Å². The largest absolute Gasteiger partial charge is 0.311 e. The lowest BCUT2D eigenvalue weighted by Gasteiger charge is -2.34. The van der Waals surface area contributed by atoms with Crippen LogP contribution < -0.4 is 10.6 Å². The zero-order valence-corrected chi connectivity index (χ0v) is 13.7. The van der Waals surface area contributed by atoms with Gasteiger partial charge in [0.25, 0.3) is 0 Å². The number of hydrogen-bond acceptors (Lipinski definition) is 2. The molecule has 2 unspecified atom stereocenters. The van der Waals surface area contributed by atoms with E-state index in [1.807, 2.05) is 0 Å². The summed E-state index contributed by atoms with van der Waals surface area (Å²) in [7, 11) is 0. The minimum atomic E-state index is 0.250. The molecular formula is C19H30N2. The van der Waals surface area contributed by atoms with E-state index in [0.717, 1.165) is 18.0 Å². The molecule has 0 radical (unpaired) electrons. The number of rotatable bonds is 4. The van der Waals surface area contributed by atoms with Crippen molar-refractivity contribution in [3.8, 4) is 0 Å². The molecule has 1 aromatic rings. The van der Waals surface area contributed by atoms with Crippen LogP contribution in [0.4, 0.5) is 0 Å². The predicted molar refractivity (Wildman–Crippen MR) is 89.7 cm³/mol. The monoisotopic (exact) mass is 286 g/mol. The van der Waals surface area contributed by atoms with E-state index in [0.29, 0.717) is 6.04 Å². The van der Waals surface area contributed by atoms with Crippen LogP contribution in [0.5, 0.6) is 0 Å². The summed E-state index contributed by atoms with van der Waals surface area (Å²) in [6.07, 6.45) is 6.61. The molecule has 21 heavy (non-hydrogen) atoms. The summed E-state index contributed by atoms with van der Waals surface area (Å²) < 4.78 is 0. The highest BCUT2D eigenvalue weighted by Gasteiger charge is 2.39. The van der Waals surface area contributed by atoms with Gasteiger partial charge >= 0.3 is 0 Å². The van der Waals surface area contributed by atoms with Crippen molar-refractivity contribution in [3.63, 3.8) is 0 Å². The molecule has 2 aliphatic carbocycles. The van der Waals surface area contributed by atoms with Gasteiger partial charge in [-0.1, -0.05) is 30.3 Å². The van der Waals surface area contributed by atoms with Gasteiger partial charge in [-0.05, 0) is 58.4 Å². The van der Waals surface area contributed by atoms with Gasteiger partial charge in [0, 0.05) is 29.6 Å². The van der Waals surface area contributed by atoms with Gasteiger partial charge in [-0.3, -0.25) is 0 Å². The summed E-state index contributed by atoms with van der Waals surface area (Å²) in [5.74, 6) is 0.761. The topological polar surface area (TPSA) is 24.1 Å². The van der Waals surface area contributed by atoms with E-state index in [1.54, 1.807) is 0 Å². The average molecular weight is 286 g/mol. The third-order valence-corrected chi connectivity index (χ3v) is 4.83. The summed E-state index contributed by atoms with van der Waals surface area (Å²) in [6, 6.07) is 13.2. The lowest BCUT2D eigenvalue weighted by atomic mass is 9.89. The third-order valence-electron chi connectivity index (χ3n) is 4.83. The van der Waals surface area contributed by atoms with Gasteiger partial charge in [-0.25, -0.2) is 0 Å². The zero-order valence-electron chi connectivity index (χ0n) is 13.7. The Bertz CT molecular complexity index is 440. The molecule has 1 aromatic carbocycles. The van der Waals surface area contributed by atoms with Crippen molar-refractivity contribution in [2.24, 2.45) is 0 Å². The van der Waals surface area contributed by atoms with Crippen molar-refractivity contribution in [1.82, 2.24) is 10.6 Å². The van der Waals surface area contributed by atoms with E-state index < -0.39 is 0 Å². The fraction of sp³-hybridized carbons (Fsp3) is 0.684.